The van der Waals surface area contributed by atoms with Gasteiger partial charge in [-0.05, 0) is 26.7 Å². The molecule has 2 amide bonds. The number of ether oxygens (including phenoxy) is 1. The van der Waals surface area contributed by atoms with Crippen molar-refractivity contribution in [3.05, 3.63) is 0 Å². The Kier molecular flexibility index (Phi) is 18.0. The van der Waals surface area contributed by atoms with Crippen molar-refractivity contribution >= 4 is 11.8 Å². The number of hydrogen-bond donors (Lipinski definition) is 1. The average Bonchev–Trinajstić information content (AvgIpc) is 2.73. The first-order valence-corrected chi connectivity index (χ1v) is 12.5. The second-order valence-corrected chi connectivity index (χ2v) is 8.83. The Morgan fingerprint density at radius 3 is 1.87 bits per heavy atom. The molecule has 0 saturated carbocycles. The van der Waals surface area contributed by atoms with Crippen LogP contribution < -0.4 is 5.32 Å². The van der Waals surface area contributed by atoms with Gasteiger partial charge in [-0.3, -0.25) is 9.59 Å². The maximum Gasteiger partial charge on any atom is 0.224 e. The molecule has 0 unspecified atom stereocenters. The minimum Gasteiger partial charge on any atom is -0.381 e. The fourth-order valence-electron chi connectivity index (χ4n) is 3.85. The lowest BCUT2D eigenvalue weighted by atomic mass is 9.86. The van der Waals surface area contributed by atoms with Crippen molar-refractivity contribution in [2.75, 3.05) is 26.8 Å². The number of amides is 2. The zero-order valence-electron chi connectivity index (χ0n) is 20.7. The van der Waals surface area contributed by atoms with Crippen LogP contribution in [0, 0.1) is 0 Å². The molecule has 0 spiro atoms. The molecule has 178 valence electrons. The van der Waals surface area contributed by atoms with Crippen LogP contribution in [0.15, 0.2) is 0 Å². The Morgan fingerprint density at radius 2 is 1.37 bits per heavy atom. The molecule has 0 aromatic heterocycles. The molecule has 0 aromatic carbocycles. The minimum absolute atomic E-state index is 0.0477. The van der Waals surface area contributed by atoms with Gasteiger partial charge in [-0.2, -0.15) is 0 Å². The van der Waals surface area contributed by atoms with E-state index in [0.717, 1.165) is 12.8 Å². The largest absolute Gasteiger partial charge is 0.381 e. The molecule has 0 aromatic rings. The van der Waals surface area contributed by atoms with E-state index in [0.29, 0.717) is 32.6 Å². The molecule has 0 saturated heterocycles. The van der Waals surface area contributed by atoms with Crippen molar-refractivity contribution in [3.63, 3.8) is 0 Å². The molecule has 0 aliphatic rings. The third kappa shape index (κ3) is 14.0. The highest BCUT2D eigenvalue weighted by Gasteiger charge is 2.31. The summed E-state index contributed by atoms with van der Waals surface area (Å²) in [6, 6.07) is 0. The van der Waals surface area contributed by atoms with E-state index in [9.17, 15) is 9.59 Å². The van der Waals surface area contributed by atoms with E-state index in [2.05, 4.69) is 26.1 Å². The third-order valence-corrected chi connectivity index (χ3v) is 6.16. The van der Waals surface area contributed by atoms with Gasteiger partial charge in [-0.1, -0.05) is 78.1 Å². The van der Waals surface area contributed by atoms with Crippen LogP contribution in [0.4, 0.5) is 0 Å². The molecule has 30 heavy (non-hydrogen) atoms. The first kappa shape index (κ1) is 28.9. The molecule has 0 heterocycles. The lowest BCUT2D eigenvalue weighted by molar-refractivity contribution is -0.135. The van der Waals surface area contributed by atoms with Crippen molar-refractivity contribution in [3.8, 4) is 0 Å². The number of nitrogens with one attached hydrogen (secondary N) is 1. The highest BCUT2D eigenvalue weighted by molar-refractivity contribution is 5.79. The number of unbranched alkanes of at least 4 members (excludes halogenated alkanes) is 8. The van der Waals surface area contributed by atoms with Crippen LogP contribution in [-0.2, 0) is 14.3 Å². The predicted molar refractivity (Wildman–Crippen MR) is 127 cm³/mol. The van der Waals surface area contributed by atoms with E-state index in [1.165, 1.54) is 64.2 Å². The first-order chi connectivity index (χ1) is 14.4. The number of carbonyl (C=O) groups excluding carboxylic acids is 2. The molecule has 0 rings (SSSR count). The lowest BCUT2D eigenvalue weighted by Crippen LogP contribution is -2.48. The molecular weight excluding hydrogens is 376 g/mol. The van der Waals surface area contributed by atoms with Gasteiger partial charge in [0, 0.05) is 38.6 Å². The van der Waals surface area contributed by atoms with Crippen molar-refractivity contribution in [1.82, 2.24) is 10.2 Å². The second kappa shape index (κ2) is 18.7. The highest BCUT2D eigenvalue weighted by atomic mass is 16.5. The number of hydrogen-bond acceptors (Lipinski definition) is 3. The Labute approximate surface area is 186 Å². The van der Waals surface area contributed by atoms with Gasteiger partial charge >= 0.3 is 0 Å². The van der Waals surface area contributed by atoms with Crippen molar-refractivity contribution in [2.24, 2.45) is 0 Å². The number of rotatable bonds is 20. The zero-order chi connectivity index (χ0) is 22.7. The normalized spacial score (nSPS) is 11.5. The fourth-order valence-corrected chi connectivity index (χ4v) is 3.85. The van der Waals surface area contributed by atoms with Crippen molar-refractivity contribution < 1.29 is 14.3 Å². The summed E-state index contributed by atoms with van der Waals surface area (Å²) in [6.45, 7) is 10.1. The molecule has 5 heteroatoms. The van der Waals surface area contributed by atoms with Gasteiger partial charge in [-0.15, -0.1) is 0 Å². The quantitative estimate of drug-likeness (QED) is 0.248. The van der Waals surface area contributed by atoms with E-state index in [4.69, 9.17) is 4.74 Å². The SMILES string of the molecule is CCCCCCCC(C)(CCCCCCC)N(C)C(=O)CCNC(=O)CCOCC. The third-order valence-electron chi connectivity index (χ3n) is 6.16. The monoisotopic (exact) mass is 426 g/mol. The predicted octanol–water partition coefficient (Wildman–Crippen LogP) is 5.86. The number of nitrogens with zero attached hydrogens (tertiary/aromatic N) is 1. The summed E-state index contributed by atoms with van der Waals surface area (Å²) < 4.78 is 5.20. The first-order valence-electron chi connectivity index (χ1n) is 12.5. The summed E-state index contributed by atoms with van der Waals surface area (Å²) >= 11 is 0. The van der Waals surface area contributed by atoms with Crippen LogP contribution in [0.3, 0.4) is 0 Å². The van der Waals surface area contributed by atoms with E-state index in [-0.39, 0.29) is 17.4 Å². The van der Waals surface area contributed by atoms with Gasteiger partial charge in [0.1, 0.15) is 0 Å². The van der Waals surface area contributed by atoms with Crippen LogP contribution in [0.25, 0.3) is 0 Å². The molecule has 0 fully saturated rings. The van der Waals surface area contributed by atoms with Gasteiger partial charge in [0.2, 0.25) is 11.8 Å². The summed E-state index contributed by atoms with van der Waals surface area (Å²) in [4.78, 5) is 26.6. The molecule has 0 radical (unpaired) electrons. The molecule has 0 aliphatic carbocycles. The summed E-state index contributed by atoms with van der Waals surface area (Å²) in [5.74, 6) is 0.0817. The smallest absolute Gasteiger partial charge is 0.224 e. The Balaban J connectivity index is 4.55. The van der Waals surface area contributed by atoms with Crippen LogP contribution in [0.5, 0.6) is 0 Å². The minimum atomic E-state index is -0.0888. The fraction of sp³-hybridized carbons (Fsp3) is 0.920. The average molecular weight is 427 g/mol. The molecule has 0 bridgehead atoms. The second-order valence-electron chi connectivity index (χ2n) is 8.83. The van der Waals surface area contributed by atoms with Crippen molar-refractivity contribution in [2.45, 2.75) is 123 Å². The summed E-state index contributed by atoms with van der Waals surface area (Å²) in [6.07, 6.45) is 15.4. The van der Waals surface area contributed by atoms with E-state index < -0.39 is 0 Å². The van der Waals surface area contributed by atoms with Gasteiger partial charge in [-0.25, -0.2) is 0 Å². The molecular formula is C25H50N2O3. The van der Waals surface area contributed by atoms with Crippen LogP contribution in [0.2, 0.25) is 0 Å². The summed E-state index contributed by atoms with van der Waals surface area (Å²) in [5, 5.41) is 2.85. The summed E-state index contributed by atoms with van der Waals surface area (Å²) in [7, 11) is 1.96. The van der Waals surface area contributed by atoms with E-state index in [1.807, 2.05) is 18.9 Å². The van der Waals surface area contributed by atoms with Gasteiger partial charge in [0.25, 0.3) is 0 Å². The zero-order valence-corrected chi connectivity index (χ0v) is 20.7. The van der Waals surface area contributed by atoms with Gasteiger partial charge in [0.15, 0.2) is 0 Å². The standard InChI is InChI=1S/C25H50N2O3/c1-6-9-11-13-15-19-25(4,20-16-14-12-10-7-2)27(5)24(29)17-21-26-23(28)18-22-30-8-3/h6-22H2,1-5H3,(H,26,28). The Bertz CT molecular complexity index is 426. The van der Waals surface area contributed by atoms with E-state index >= 15 is 0 Å². The Hall–Kier alpha value is -1.10. The molecule has 0 aliphatic heterocycles. The topological polar surface area (TPSA) is 58.6 Å². The maximum atomic E-state index is 12.9. The van der Waals surface area contributed by atoms with Crippen molar-refractivity contribution in [1.29, 1.82) is 0 Å². The van der Waals surface area contributed by atoms with Gasteiger partial charge in [0.05, 0.1) is 6.61 Å². The van der Waals surface area contributed by atoms with Gasteiger partial charge < -0.3 is 15.0 Å². The lowest BCUT2D eigenvalue weighted by Gasteiger charge is -2.40. The van der Waals surface area contributed by atoms with Crippen LogP contribution in [0.1, 0.15) is 118 Å². The van der Waals surface area contributed by atoms with Crippen LogP contribution >= 0.6 is 0 Å². The van der Waals surface area contributed by atoms with E-state index in [1.54, 1.807) is 0 Å². The Morgan fingerprint density at radius 1 is 0.833 bits per heavy atom. The maximum absolute atomic E-state index is 12.9. The highest BCUT2D eigenvalue weighted by Crippen LogP contribution is 2.29. The molecule has 0 atom stereocenters. The molecule has 5 nitrogen and oxygen atoms in total. The number of carbonyl (C=O) groups is 2. The summed E-state index contributed by atoms with van der Waals surface area (Å²) in [5.41, 5.74) is -0.0888. The molecule has 1 N–H and O–H groups in total. The van der Waals surface area contributed by atoms with Crippen LogP contribution in [-0.4, -0.2) is 49.1 Å².